The van der Waals surface area contributed by atoms with E-state index in [1.807, 2.05) is 11.8 Å². The Kier molecular flexibility index (Phi) is 4.97. The van der Waals surface area contributed by atoms with Gasteiger partial charge in [0, 0.05) is 0 Å². The van der Waals surface area contributed by atoms with Gasteiger partial charge in [-0.1, -0.05) is 20.3 Å². The third-order valence-electron chi connectivity index (χ3n) is 3.21. The predicted molar refractivity (Wildman–Crippen MR) is 65.1 cm³/mol. The van der Waals surface area contributed by atoms with Crippen molar-refractivity contribution in [1.29, 1.82) is 0 Å². The molecule has 0 spiro atoms. The molecule has 0 saturated heterocycles. The summed E-state index contributed by atoms with van der Waals surface area (Å²) in [7, 11) is 1.48. The molecule has 1 fully saturated rings. The monoisotopic (exact) mass is 230 g/mol. The van der Waals surface area contributed by atoms with Crippen molar-refractivity contribution in [2.75, 3.05) is 18.6 Å². The second kappa shape index (κ2) is 5.78. The molecule has 1 saturated carbocycles. The number of hydrogen-bond donors (Lipinski definition) is 0. The highest BCUT2D eigenvalue weighted by molar-refractivity contribution is 7.99. The van der Waals surface area contributed by atoms with E-state index < -0.39 is 0 Å². The summed E-state index contributed by atoms with van der Waals surface area (Å²) in [6, 6.07) is 0. The van der Waals surface area contributed by atoms with E-state index in [9.17, 15) is 4.79 Å². The van der Waals surface area contributed by atoms with Crippen LogP contribution in [0, 0.1) is 11.3 Å². The molecule has 1 rings (SSSR count). The molecule has 2 nitrogen and oxygen atoms in total. The summed E-state index contributed by atoms with van der Waals surface area (Å²) in [5.41, 5.74) is 0.297. The first-order valence-electron chi connectivity index (χ1n) is 5.76. The Labute approximate surface area is 97.1 Å². The molecule has 0 N–H and O–H groups in total. The zero-order valence-electron chi connectivity index (χ0n) is 10.0. The van der Waals surface area contributed by atoms with Gasteiger partial charge in [-0.25, -0.2) is 0 Å². The van der Waals surface area contributed by atoms with E-state index in [-0.39, 0.29) is 5.97 Å². The molecular formula is C12H22O2S. The second-order valence-electron chi connectivity index (χ2n) is 4.78. The Hall–Kier alpha value is -0.180. The van der Waals surface area contributed by atoms with Crippen molar-refractivity contribution in [3.63, 3.8) is 0 Å². The predicted octanol–water partition coefficient (Wildman–Crippen LogP) is 3.11. The van der Waals surface area contributed by atoms with Crippen LogP contribution >= 0.6 is 11.8 Å². The van der Waals surface area contributed by atoms with Gasteiger partial charge >= 0.3 is 5.97 Å². The third-order valence-corrected chi connectivity index (χ3v) is 4.83. The molecule has 0 heterocycles. The van der Waals surface area contributed by atoms with Crippen LogP contribution in [0.4, 0.5) is 0 Å². The van der Waals surface area contributed by atoms with Crippen LogP contribution in [0.15, 0.2) is 0 Å². The van der Waals surface area contributed by atoms with E-state index in [0.29, 0.717) is 11.8 Å². The van der Waals surface area contributed by atoms with Gasteiger partial charge in [0.2, 0.25) is 0 Å². The molecule has 15 heavy (non-hydrogen) atoms. The van der Waals surface area contributed by atoms with E-state index >= 15 is 0 Å². The van der Waals surface area contributed by atoms with E-state index in [1.54, 1.807) is 0 Å². The molecule has 1 aliphatic carbocycles. The number of carbonyl (C=O) groups is 1. The molecule has 0 amide bonds. The zero-order valence-corrected chi connectivity index (χ0v) is 10.9. The summed E-state index contributed by atoms with van der Waals surface area (Å²) in [5.74, 6) is 3.10. The molecule has 0 radical (unpaired) electrons. The van der Waals surface area contributed by atoms with E-state index in [0.717, 1.165) is 11.7 Å². The summed E-state index contributed by atoms with van der Waals surface area (Å²) in [6.07, 6.45) is 4.28. The Balaban J connectivity index is 2.17. The van der Waals surface area contributed by atoms with Crippen LogP contribution in [0.2, 0.25) is 0 Å². The molecule has 1 aliphatic rings. The Morgan fingerprint density at radius 3 is 2.67 bits per heavy atom. The maximum atomic E-state index is 11.2. The number of ether oxygens (including phenoxy) is 1. The number of esters is 1. The van der Waals surface area contributed by atoms with Crippen LogP contribution in [0.1, 0.15) is 39.5 Å². The van der Waals surface area contributed by atoms with Gasteiger partial charge in [0.1, 0.15) is 0 Å². The Bertz CT molecular complexity index is 212. The van der Waals surface area contributed by atoms with Crippen LogP contribution in [-0.4, -0.2) is 24.6 Å². The molecule has 0 aliphatic heterocycles. The standard InChI is InChI=1S/C12H22O2S/c1-4-10(2)8-15-9-12(5-6-12)7-11(13)14-3/h10H,4-9H2,1-3H3. The van der Waals surface area contributed by atoms with Crippen LogP contribution in [0.3, 0.4) is 0 Å². The quantitative estimate of drug-likeness (QED) is 0.629. The van der Waals surface area contributed by atoms with Crippen molar-refractivity contribution in [1.82, 2.24) is 0 Å². The second-order valence-corrected chi connectivity index (χ2v) is 5.81. The normalized spacial score (nSPS) is 19.7. The van der Waals surface area contributed by atoms with Gasteiger partial charge < -0.3 is 4.74 Å². The SMILES string of the molecule is CCC(C)CSCC1(CC(=O)OC)CC1. The fourth-order valence-electron chi connectivity index (χ4n) is 1.52. The van der Waals surface area contributed by atoms with Crippen LogP contribution in [0.25, 0.3) is 0 Å². The summed E-state index contributed by atoms with van der Waals surface area (Å²) in [5, 5.41) is 0. The average molecular weight is 230 g/mol. The van der Waals surface area contributed by atoms with E-state index in [2.05, 4.69) is 13.8 Å². The van der Waals surface area contributed by atoms with Gasteiger partial charge in [0.25, 0.3) is 0 Å². The highest BCUT2D eigenvalue weighted by Crippen LogP contribution is 2.51. The smallest absolute Gasteiger partial charge is 0.306 e. The number of methoxy groups -OCH3 is 1. The lowest BCUT2D eigenvalue weighted by Gasteiger charge is -2.14. The minimum Gasteiger partial charge on any atom is -0.469 e. The summed E-state index contributed by atoms with van der Waals surface area (Å²) in [4.78, 5) is 11.2. The van der Waals surface area contributed by atoms with Crippen LogP contribution < -0.4 is 0 Å². The number of hydrogen-bond acceptors (Lipinski definition) is 3. The van der Waals surface area contributed by atoms with Crippen molar-refractivity contribution >= 4 is 17.7 Å². The van der Waals surface area contributed by atoms with Gasteiger partial charge in [-0.15, -0.1) is 0 Å². The first-order valence-corrected chi connectivity index (χ1v) is 6.92. The van der Waals surface area contributed by atoms with Gasteiger partial charge in [0.05, 0.1) is 13.5 Å². The third kappa shape index (κ3) is 4.45. The summed E-state index contributed by atoms with van der Waals surface area (Å²) in [6.45, 7) is 4.51. The average Bonchev–Trinajstić information content (AvgIpc) is 2.97. The number of carbonyl (C=O) groups excluding carboxylic acids is 1. The zero-order chi connectivity index (χ0) is 11.3. The fraction of sp³-hybridized carbons (Fsp3) is 0.917. The van der Waals surface area contributed by atoms with Gasteiger partial charge in [-0.05, 0) is 35.7 Å². The molecule has 0 aromatic carbocycles. The first kappa shape index (κ1) is 12.9. The van der Waals surface area contributed by atoms with Crippen molar-refractivity contribution in [2.24, 2.45) is 11.3 Å². The van der Waals surface area contributed by atoms with Gasteiger partial charge in [-0.3, -0.25) is 4.79 Å². The van der Waals surface area contributed by atoms with Crippen molar-refractivity contribution in [3.8, 4) is 0 Å². The van der Waals surface area contributed by atoms with Crippen molar-refractivity contribution < 1.29 is 9.53 Å². The largest absolute Gasteiger partial charge is 0.469 e. The highest BCUT2D eigenvalue weighted by atomic mass is 32.2. The summed E-state index contributed by atoms with van der Waals surface area (Å²) < 4.78 is 4.73. The fourth-order valence-corrected chi connectivity index (χ4v) is 3.10. The molecule has 1 atom stereocenters. The minimum atomic E-state index is -0.0448. The Morgan fingerprint density at radius 2 is 2.20 bits per heavy atom. The van der Waals surface area contributed by atoms with E-state index in [1.165, 1.54) is 32.1 Å². The lowest BCUT2D eigenvalue weighted by Crippen LogP contribution is -2.13. The summed E-state index contributed by atoms with van der Waals surface area (Å²) >= 11 is 2.00. The molecule has 1 unspecified atom stereocenters. The Morgan fingerprint density at radius 1 is 1.53 bits per heavy atom. The lowest BCUT2D eigenvalue weighted by molar-refractivity contribution is -0.141. The minimum absolute atomic E-state index is 0.0448. The van der Waals surface area contributed by atoms with Crippen molar-refractivity contribution in [3.05, 3.63) is 0 Å². The molecule has 3 heteroatoms. The number of rotatable bonds is 7. The molecule has 88 valence electrons. The van der Waals surface area contributed by atoms with Crippen LogP contribution in [0.5, 0.6) is 0 Å². The van der Waals surface area contributed by atoms with Gasteiger partial charge in [-0.2, -0.15) is 11.8 Å². The first-order chi connectivity index (χ1) is 7.12. The number of thioether (sulfide) groups is 1. The molecule has 0 aromatic heterocycles. The lowest BCUT2D eigenvalue weighted by atomic mass is 10.1. The van der Waals surface area contributed by atoms with Crippen LogP contribution in [-0.2, 0) is 9.53 Å². The maximum Gasteiger partial charge on any atom is 0.306 e. The molecular weight excluding hydrogens is 208 g/mol. The van der Waals surface area contributed by atoms with Gasteiger partial charge in [0.15, 0.2) is 0 Å². The molecule has 0 bridgehead atoms. The molecule has 0 aromatic rings. The van der Waals surface area contributed by atoms with E-state index in [4.69, 9.17) is 4.74 Å². The topological polar surface area (TPSA) is 26.3 Å². The maximum absolute atomic E-state index is 11.2. The van der Waals surface area contributed by atoms with Crippen molar-refractivity contribution in [2.45, 2.75) is 39.5 Å². The highest BCUT2D eigenvalue weighted by Gasteiger charge is 2.44.